The Morgan fingerprint density at radius 2 is 1.49 bits per heavy atom. The summed E-state index contributed by atoms with van der Waals surface area (Å²) in [4.78, 5) is 29.0. The van der Waals surface area contributed by atoms with Crippen LogP contribution in [0.25, 0.3) is 0 Å². The van der Waals surface area contributed by atoms with Gasteiger partial charge < -0.3 is 10.2 Å². The molecule has 1 aliphatic heterocycles. The van der Waals surface area contributed by atoms with E-state index in [1.807, 2.05) is 85.8 Å². The molecule has 0 bridgehead atoms. The van der Waals surface area contributed by atoms with Gasteiger partial charge in [-0.2, -0.15) is 0 Å². The lowest BCUT2D eigenvalue weighted by molar-refractivity contribution is -0.136. The maximum atomic E-state index is 14.4. The molecule has 0 saturated heterocycles. The van der Waals surface area contributed by atoms with E-state index in [0.29, 0.717) is 5.69 Å². The third-order valence-electron chi connectivity index (χ3n) is 6.38. The van der Waals surface area contributed by atoms with Crippen molar-refractivity contribution in [2.24, 2.45) is 0 Å². The van der Waals surface area contributed by atoms with Crippen LogP contribution in [0.1, 0.15) is 39.8 Å². The van der Waals surface area contributed by atoms with E-state index in [0.717, 1.165) is 27.8 Å². The van der Waals surface area contributed by atoms with Gasteiger partial charge in [0.2, 0.25) is 11.8 Å². The predicted molar refractivity (Wildman–Crippen MR) is 134 cm³/mol. The Morgan fingerprint density at radius 3 is 2.09 bits per heavy atom. The number of benzene rings is 4. The Labute approximate surface area is 204 Å². The monoisotopic (exact) mass is 464 g/mol. The van der Waals surface area contributed by atoms with E-state index in [2.05, 4.69) is 5.32 Å². The van der Waals surface area contributed by atoms with Gasteiger partial charge in [-0.05, 0) is 41.8 Å². The summed E-state index contributed by atoms with van der Waals surface area (Å²) in [6.07, 6.45) is 0. The molecule has 0 aliphatic carbocycles. The number of carbonyl (C=O) groups is 2. The molecule has 5 rings (SSSR count). The van der Waals surface area contributed by atoms with Crippen molar-refractivity contribution in [2.45, 2.75) is 18.9 Å². The van der Waals surface area contributed by atoms with Gasteiger partial charge in [-0.15, -0.1) is 0 Å². The molecule has 0 aromatic heterocycles. The zero-order valence-corrected chi connectivity index (χ0v) is 19.3. The highest BCUT2D eigenvalue weighted by Gasteiger charge is 2.37. The normalized spacial score (nSPS) is 15.3. The fourth-order valence-electron chi connectivity index (χ4n) is 4.77. The minimum atomic E-state index is -0.598. The Bertz CT molecular complexity index is 1320. The van der Waals surface area contributed by atoms with Crippen LogP contribution in [-0.4, -0.2) is 23.3 Å². The second-order valence-electron chi connectivity index (χ2n) is 8.81. The number of nitrogens with zero attached hydrogens (tertiary/aromatic N) is 1. The molecule has 1 atom stereocenters. The van der Waals surface area contributed by atoms with Crippen LogP contribution >= 0.6 is 0 Å². The predicted octanol–water partition coefficient (Wildman–Crippen LogP) is 5.84. The molecule has 1 unspecified atom stereocenters. The fraction of sp³-hybridized carbons (Fsp3) is 0.133. The van der Waals surface area contributed by atoms with E-state index in [4.69, 9.17) is 0 Å². The maximum absolute atomic E-state index is 14.4. The van der Waals surface area contributed by atoms with Crippen molar-refractivity contribution in [3.63, 3.8) is 0 Å². The van der Waals surface area contributed by atoms with Crippen LogP contribution in [0.2, 0.25) is 0 Å². The van der Waals surface area contributed by atoms with Gasteiger partial charge in [-0.25, -0.2) is 4.39 Å². The van der Waals surface area contributed by atoms with Crippen molar-refractivity contribution in [1.82, 2.24) is 4.90 Å². The zero-order chi connectivity index (χ0) is 24.4. The molecule has 4 aromatic rings. The van der Waals surface area contributed by atoms with Crippen LogP contribution < -0.4 is 5.32 Å². The van der Waals surface area contributed by atoms with Gasteiger partial charge in [0.25, 0.3) is 0 Å². The number of fused-ring (bicyclic) bond motifs is 1. The Hall–Kier alpha value is -4.25. The summed E-state index contributed by atoms with van der Waals surface area (Å²) in [7, 11) is 0. The summed E-state index contributed by atoms with van der Waals surface area (Å²) in [5, 5.41) is 2.96. The van der Waals surface area contributed by atoms with Crippen LogP contribution in [0.3, 0.4) is 0 Å². The quantitative estimate of drug-likeness (QED) is 0.413. The molecule has 2 amide bonds. The molecule has 0 radical (unpaired) electrons. The Morgan fingerprint density at radius 1 is 0.886 bits per heavy atom. The minimum absolute atomic E-state index is 0.120. The smallest absolute Gasteiger partial charge is 0.244 e. The summed E-state index contributed by atoms with van der Waals surface area (Å²) >= 11 is 0. The molecular weight excluding hydrogens is 439 g/mol. The average Bonchev–Trinajstić information content (AvgIpc) is 3.02. The van der Waals surface area contributed by atoms with Gasteiger partial charge in [0.1, 0.15) is 12.4 Å². The molecule has 0 spiro atoms. The number of carbonyl (C=O) groups excluding carboxylic acids is 2. The van der Waals surface area contributed by atoms with Crippen molar-refractivity contribution in [1.29, 1.82) is 0 Å². The van der Waals surface area contributed by atoms with E-state index >= 15 is 0 Å². The summed E-state index contributed by atoms with van der Waals surface area (Å²) in [6.45, 7) is 1.85. The third-order valence-corrected chi connectivity index (χ3v) is 6.38. The summed E-state index contributed by atoms with van der Waals surface area (Å²) in [5.41, 5.74) is 4.88. The third kappa shape index (κ3) is 4.58. The molecule has 1 N–H and O–H groups in total. The standard InChI is InChI=1S/C30H25FN2O2/c1-20-12-17-26-25(18-20)29(23-13-15-24(31)16-14-23)33(19-27(34)32-26)30(35)28(21-8-4-2-5-9-21)22-10-6-3-7-11-22/h2-18,28-29H,19H2,1H3,(H,32,34). The lowest BCUT2D eigenvalue weighted by Crippen LogP contribution is -2.42. The Balaban J connectivity index is 1.69. The van der Waals surface area contributed by atoms with Crippen LogP contribution in [0.4, 0.5) is 10.1 Å². The molecule has 4 nitrogen and oxygen atoms in total. The van der Waals surface area contributed by atoms with Crippen molar-refractivity contribution in [3.05, 3.63) is 137 Å². The molecule has 1 aliphatic rings. The largest absolute Gasteiger partial charge is 0.324 e. The molecule has 0 fully saturated rings. The number of hydrogen-bond acceptors (Lipinski definition) is 2. The van der Waals surface area contributed by atoms with E-state index in [-0.39, 0.29) is 24.2 Å². The van der Waals surface area contributed by atoms with Crippen LogP contribution in [0.15, 0.2) is 103 Å². The van der Waals surface area contributed by atoms with Gasteiger partial charge in [-0.1, -0.05) is 90.5 Å². The fourth-order valence-corrected chi connectivity index (χ4v) is 4.77. The lowest BCUT2D eigenvalue weighted by Gasteiger charge is -2.34. The SMILES string of the molecule is Cc1ccc2c(c1)C(c1ccc(F)cc1)N(C(=O)C(c1ccccc1)c1ccccc1)CC(=O)N2. The highest BCUT2D eigenvalue weighted by Crippen LogP contribution is 2.39. The van der Waals surface area contributed by atoms with Crippen LogP contribution in [0, 0.1) is 12.7 Å². The molecule has 5 heteroatoms. The first kappa shape index (κ1) is 22.5. The lowest BCUT2D eigenvalue weighted by atomic mass is 9.88. The van der Waals surface area contributed by atoms with E-state index in [1.54, 1.807) is 17.0 Å². The summed E-state index contributed by atoms with van der Waals surface area (Å²) < 4.78 is 13.8. The minimum Gasteiger partial charge on any atom is -0.324 e. The van der Waals surface area contributed by atoms with E-state index < -0.39 is 12.0 Å². The molecule has 0 saturated carbocycles. The van der Waals surface area contributed by atoms with Gasteiger partial charge >= 0.3 is 0 Å². The maximum Gasteiger partial charge on any atom is 0.244 e. The number of hydrogen-bond donors (Lipinski definition) is 1. The molecular formula is C30H25FN2O2. The number of halogens is 1. The zero-order valence-electron chi connectivity index (χ0n) is 19.3. The highest BCUT2D eigenvalue weighted by atomic mass is 19.1. The number of nitrogens with one attached hydrogen (secondary N) is 1. The number of anilines is 1. The Kier molecular flexibility index (Phi) is 6.15. The van der Waals surface area contributed by atoms with Crippen LogP contribution in [-0.2, 0) is 9.59 Å². The first-order chi connectivity index (χ1) is 17.0. The van der Waals surface area contributed by atoms with Gasteiger partial charge in [-0.3, -0.25) is 9.59 Å². The van der Waals surface area contributed by atoms with Crippen molar-refractivity contribution < 1.29 is 14.0 Å². The molecule has 174 valence electrons. The molecule has 35 heavy (non-hydrogen) atoms. The van der Waals surface area contributed by atoms with Crippen molar-refractivity contribution in [2.75, 3.05) is 11.9 Å². The summed E-state index contributed by atoms with van der Waals surface area (Å²) in [5.74, 6) is -1.42. The molecule has 4 aromatic carbocycles. The van der Waals surface area contributed by atoms with Gasteiger partial charge in [0.05, 0.1) is 12.0 Å². The number of rotatable bonds is 4. The van der Waals surface area contributed by atoms with Gasteiger partial charge in [0.15, 0.2) is 0 Å². The first-order valence-corrected chi connectivity index (χ1v) is 11.6. The van der Waals surface area contributed by atoms with E-state index in [1.165, 1.54) is 12.1 Å². The highest BCUT2D eigenvalue weighted by molar-refractivity contribution is 5.99. The number of amides is 2. The van der Waals surface area contributed by atoms with Gasteiger partial charge in [0, 0.05) is 11.3 Å². The molecule has 1 heterocycles. The van der Waals surface area contributed by atoms with E-state index in [9.17, 15) is 14.0 Å². The second-order valence-corrected chi connectivity index (χ2v) is 8.81. The average molecular weight is 465 g/mol. The van der Waals surface area contributed by atoms with Crippen LogP contribution in [0.5, 0.6) is 0 Å². The number of aryl methyl sites for hydroxylation is 1. The van der Waals surface area contributed by atoms with Crippen molar-refractivity contribution >= 4 is 17.5 Å². The summed E-state index contributed by atoms with van der Waals surface area (Å²) in [6, 6.07) is 30.5. The first-order valence-electron chi connectivity index (χ1n) is 11.6. The second kappa shape index (κ2) is 9.55. The van der Waals surface area contributed by atoms with Crippen molar-refractivity contribution in [3.8, 4) is 0 Å². The topological polar surface area (TPSA) is 49.4 Å².